The Morgan fingerprint density at radius 3 is 2.89 bits per heavy atom. The van der Waals surface area contributed by atoms with E-state index < -0.39 is 0 Å². The van der Waals surface area contributed by atoms with Crippen molar-refractivity contribution >= 4 is 22.9 Å². The minimum Gasteiger partial charge on any atom is -0.486 e. The van der Waals surface area contributed by atoms with Crippen LogP contribution in [0.4, 0.5) is 17.3 Å². The molecule has 0 radical (unpaired) electrons. The van der Waals surface area contributed by atoms with E-state index in [9.17, 15) is 0 Å². The quantitative estimate of drug-likeness (QED) is 0.846. The van der Waals surface area contributed by atoms with Gasteiger partial charge in [-0.3, -0.25) is 0 Å². The standard InChI is InChI=1S/C20H23N5O2/c1-2-15(11-21-5-1)14-3-4-18-17(10-14)24-19-16(12-27-18)20(23-13-22-19)25-6-8-26-9-7-25/h2-4,10,13,21H,1,5-9,11-12H2,(H,22,23,24). The van der Waals surface area contributed by atoms with Crippen LogP contribution in [0.25, 0.3) is 5.57 Å². The number of aromatic nitrogens is 2. The predicted octanol–water partition coefficient (Wildman–Crippen LogP) is 2.33. The van der Waals surface area contributed by atoms with Gasteiger partial charge in [0.2, 0.25) is 0 Å². The molecule has 3 aliphatic rings. The van der Waals surface area contributed by atoms with Crippen LogP contribution < -0.4 is 20.3 Å². The first kappa shape index (κ1) is 16.5. The molecule has 7 heteroatoms. The summed E-state index contributed by atoms with van der Waals surface area (Å²) in [5.74, 6) is 2.59. The van der Waals surface area contributed by atoms with E-state index in [0.29, 0.717) is 6.61 Å². The molecule has 1 fully saturated rings. The van der Waals surface area contributed by atoms with Crippen molar-refractivity contribution in [3.05, 3.63) is 41.7 Å². The van der Waals surface area contributed by atoms with Gasteiger partial charge in [0.15, 0.2) is 0 Å². The summed E-state index contributed by atoms with van der Waals surface area (Å²) in [5.41, 5.74) is 4.48. The average Bonchev–Trinajstić information content (AvgIpc) is 2.93. The minimum absolute atomic E-state index is 0.451. The molecule has 0 spiro atoms. The third-order valence-corrected chi connectivity index (χ3v) is 5.24. The lowest BCUT2D eigenvalue weighted by Crippen LogP contribution is -2.37. The number of fused-ring (bicyclic) bond motifs is 2. The summed E-state index contributed by atoms with van der Waals surface area (Å²) in [7, 11) is 0. The Morgan fingerprint density at radius 2 is 2.04 bits per heavy atom. The molecule has 4 heterocycles. The van der Waals surface area contributed by atoms with Crippen molar-refractivity contribution < 1.29 is 9.47 Å². The molecule has 0 aliphatic carbocycles. The summed E-state index contributed by atoms with van der Waals surface area (Å²) in [5, 5.41) is 6.91. The van der Waals surface area contributed by atoms with Crippen LogP contribution in [0.15, 0.2) is 30.6 Å². The van der Waals surface area contributed by atoms with Crippen molar-refractivity contribution in [1.29, 1.82) is 0 Å². The number of nitrogens with zero attached hydrogens (tertiary/aromatic N) is 3. The molecule has 0 amide bonds. The number of anilines is 3. The second-order valence-corrected chi connectivity index (χ2v) is 6.94. The van der Waals surface area contributed by atoms with E-state index in [1.54, 1.807) is 6.33 Å². The maximum absolute atomic E-state index is 6.11. The maximum Gasteiger partial charge on any atom is 0.143 e. The lowest BCUT2D eigenvalue weighted by molar-refractivity contribution is 0.122. The Bertz CT molecular complexity index is 877. The highest BCUT2D eigenvalue weighted by Gasteiger charge is 2.23. The Morgan fingerprint density at radius 1 is 1.11 bits per heavy atom. The molecule has 27 heavy (non-hydrogen) atoms. The molecule has 0 unspecified atom stereocenters. The van der Waals surface area contributed by atoms with Crippen molar-refractivity contribution in [3.8, 4) is 5.75 Å². The van der Waals surface area contributed by atoms with E-state index in [0.717, 1.165) is 74.4 Å². The van der Waals surface area contributed by atoms with Gasteiger partial charge in [-0.15, -0.1) is 0 Å². The smallest absolute Gasteiger partial charge is 0.143 e. The molecule has 1 aromatic heterocycles. The zero-order valence-electron chi connectivity index (χ0n) is 15.2. The number of ether oxygens (including phenoxy) is 2. The van der Waals surface area contributed by atoms with Crippen LogP contribution in [0.5, 0.6) is 5.75 Å². The molecule has 2 aromatic rings. The Hall–Kier alpha value is -2.64. The van der Waals surface area contributed by atoms with Crippen LogP contribution in [-0.2, 0) is 11.3 Å². The summed E-state index contributed by atoms with van der Waals surface area (Å²) in [4.78, 5) is 11.3. The van der Waals surface area contributed by atoms with Crippen LogP contribution in [0.1, 0.15) is 17.5 Å². The molecule has 0 bridgehead atoms. The van der Waals surface area contributed by atoms with Crippen LogP contribution >= 0.6 is 0 Å². The third kappa shape index (κ3) is 3.24. The van der Waals surface area contributed by atoms with Gasteiger partial charge in [0, 0.05) is 19.6 Å². The fourth-order valence-corrected chi connectivity index (χ4v) is 3.79. The summed E-state index contributed by atoms with van der Waals surface area (Å²) in [6.07, 6.45) is 5.00. The minimum atomic E-state index is 0.451. The van der Waals surface area contributed by atoms with E-state index in [4.69, 9.17) is 9.47 Å². The van der Waals surface area contributed by atoms with E-state index in [1.807, 2.05) is 6.07 Å². The van der Waals surface area contributed by atoms with Crippen LogP contribution in [-0.4, -0.2) is 49.4 Å². The van der Waals surface area contributed by atoms with E-state index in [-0.39, 0.29) is 0 Å². The van der Waals surface area contributed by atoms with Crippen molar-refractivity contribution in [2.24, 2.45) is 0 Å². The number of morpholine rings is 1. The number of hydrogen-bond donors (Lipinski definition) is 2. The Labute approximate surface area is 158 Å². The SMILES string of the molecule is C1=C(c2ccc3c(c2)Nc2ncnc(N4CCOCC4)c2CO3)CNCC1. The number of benzene rings is 1. The molecule has 3 aliphatic heterocycles. The summed E-state index contributed by atoms with van der Waals surface area (Å²) >= 11 is 0. The van der Waals surface area contributed by atoms with Crippen LogP contribution in [0.2, 0.25) is 0 Å². The lowest BCUT2D eigenvalue weighted by atomic mass is 10.0. The van der Waals surface area contributed by atoms with Crippen molar-refractivity contribution in [2.45, 2.75) is 13.0 Å². The molecule has 140 valence electrons. The molecule has 2 N–H and O–H groups in total. The monoisotopic (exact) mass is 365 g/mol. The normalized spacial score (nSPS) is 19.1. The average molecular weight is 365 g/mol. The molecule has 0 saturated carbocycles. The lowest BCUT2D eigenvalue weighted by Gasteiger charge is -2.29. The molecule has 0 atom stereocenters. The number of hydrogen-bond acceptors (Lipinski definition) is 7. The van der Waals surface area contributed by atoms with Gasteiger partial charge in [-0.1, -0.05) is 12.1 Å². The highest BCUT2D eigenvalue weighted by Crippen LogP contribution is 2.37. The van der Waals surface area contributed by atoms with Gasteiger partial charge in [-0.05, 0) is 36.2 Å². The first-order valence-electron chi connectivity index (χ1n) is 9.49. The van der Waals surface area contributed by atoms with Gasteiger partial charge in [-0.25, -0.2) is 9.97 Å². The summed E-state index contributed by atoms with van der Waals surface area (Å²) < 4.78 is 11.6. The number of nitrogens with one attached hydrogen (secondary N) is 2. The summed E-state index contributed by atoms with van der Waals surface area (Å²) in [6, 6.07) is 6.32. The van der Waals surface area contributed by atoms with Gasteiger partial charge < -0.3 is 25.0 Å². The molecule has 5 rings (SSSR count). The van der Waals surface area contributed by atoms with Crippen molar-refractivity contribution in [3.63, 3.8) is 0 Å². The molecule has 1 saturated heterocycles. The van der Waals surface area contributed by atoms with Gasteiger partial charge in [-0.2, -0.15) is 0 Å². The second kappa shape index (κ2) is 7.17. The fraction of sp³-hybridized carbons (Fsp3) is 0.400. The Balaban J connectivity index is 1.48. The zero-order valence-corrected chi connectivity index (χ0v) is 15.2. The first-order valence-corrected chi connectivity index (χ1v) is 9.49. The fourth-order valence-electron chi connectivity index (χ4n) is 3.79. The molecular formula is C20H23N5O2. The zero-order chi connectivity index (χ0) is 18.1. The van der Waals surface area contributed by atoms with Crippen LogP contribution in [0, 0.1) is 0 Å². The van der Waals surface area contributed by atoms with E-state index in [2.05, 4.69) is 43.7 Å². The highest BCUT2D eigenvalue weighted by atomic mass is 16.5. The molecule has 7 nitrogen and oxygen atoms in total. The first-order chi connectivity index (χ1) is 13.4. The van der Waals surface area contributed by atoms with Gasteiger partial charge in [0.05, 0.1) is 24.5 Å². The van der Waals surface area contributed by atoms with Crippen LogP contribution in [0.3, 0.4) is 0 Å². The topological polar surface area (TPSA) is 71.5 Å². The second-order valence-electron chi connectivity index (χ2n) is 6.94. The maximum atomic E-state index is 6.11. The summed E-state index contributed by atoms with van der Waals surface area (Å²) in [6.45, 7) is 5.51. The highest BCUT2D eigenvalue weighted by molar-refractivity contribution is 5.77. The van der Waals surface area contributed by atoms with Gasteiger partial charge in [0.1, 0.15) is 30.3 Å². The van der Waals surface area contributed by atoms with Gasteiger partial charge in [0.25, 0.3) is 0 Å². The predicted molar refractivity (Wildman–Crippen MR) is 105 cm³/mol. The van der Waals surface area contributed by atoms with E-state index in [1.165, 1.54) is 11.1 Å². The molecular weight excluding hydrogens is 342 g/mol. The largest absolute Gasteiger partial charge is 0.486 e. The van der Waals surface area contributed by atoms with Gasteiger partial charge >= 0.3 is 0 Å². The van der Waals surface area contributed by atoms with E-state index >= 15 is 0 Å². The van der Waals surface area contributed by atoms with Crippen molar-refractivity contribution in [2.75, 3.05) is 49.6 Å². The third-order valence-electron chi connectivity index (χ3n) is 5.24. The Kier molecular flexibility index (Phi) is 4.39. The van der Waals surface area contributed by atoms with Crippen molar-refractivity contribution in [1.82, 2.24) is 15.3 Å². The molecule has 1 aromatic carbocycles. The number of rotatable bonds is 2.